The van der Waals surface area contributed by atoms with Crippen molar-refractivity contribution in [3.8, 4) is 22.6 Å². The maximum atomic E-state index is 10.3. The Bertz CT molecular complexity index is 615. The lowest BCUT2D eigenvalue weighted by molar-refractivity contribution is 0.404. The number of aryl methyl sites for hydroxylation is 3. The minimum absolute atomic E-state index is 0.00713. The predicted octanol–water partition coefficient (Wildman–Crippen LogP) is 4.45. The molecule has 2 heteroatoms. The van der Waals surface area contributed by atoms with Gasteiger partial charge in [0.2, 0.25) is 0 Å². The zero-order valence-corrected chi connectivity index (χ0v) is 12.4. The van der Waals surface area contributed by atoms with Crippen LogP contribution in [0.3, 0.4) is 0 Å². The van der Waals surface area contributed by atoms with Crippen LogP contribution >= 0.6 is 0 Å². The van der Waals surface area contributed by atoms with Crippen molar-refractivity contribution in [2.45, 2.75) is 40.0 Å². The van der Waals surface area contributed by atoms with E-state index in [-0.39, 0.29) is 11.5 Å². The van der Waals surface area contributed by atoms with Gasteiger partial charge >= 0.3 is 0 Å². The first-order valence-electron chi connectivity index (χ1n) is 7.28. The van der Waals surface area contributed by atoms with Crippen LogP contribution in [0.25, 0.3) is 11.1 Å². The van der Waals surface area contributed by atoms with Crippen molar-refractivity contribution in [3.63, 3.8) is 0 Å². The molecule has 0 saturated carbocycles. The summed E-state index contributed by atoms with van der Waals surface area (Å²) in [5.74, 6) is -0.0616. The third-order valence-electron chi connectivity index (χ3n) is 3.86. The molecule has 106 valence electrons. The van der Waals surface area contributed by atoms with Gasteiger partial charge in [-0.1, -0.05) is 45.0 Å². The van der Waals surface area contributed by atoms with Crippen LogP contribution in [0, 0.1) is 0 Å². The van der Waals surface area contributed by atoms with Crippen LogP contribution in [-0.2, 0) is 19.3 Å². The number of benzene rings is 2. The molecule has 0 aliphatic carbocycles. The molecular formula is C18H22O2. The minimum atomic E-state index is -0.0545. The standard InChI is InChI=1S/C18H22O2/c1-4-12-7-8-13(5-2)15(11-12)17-14(6-3)9-10-16(19)18(17)20/h7-11,19-20H,4-6H2,1-3H3. The second kappa shape index (κ2) is 6.00. The molecule has 2 aromatic rings. The first-order chi connectivity index (χ1) is 9.62. The van der Waals surface area contributed by atoms with Crippen molar-refractivity contribution >= 4 is 0 Å². The average Bonchev–Trinajstić information content (AvgIpc) is 2.49. The maximum absolute atomic E-state index is 10.3. The van der Waals surface area contributed by atoms with Crippen LogP contribution in [0.2, 0.25) is 0 Å². The first-order valence-corrected chi connectivity index (χ1v) is 7.28. The Morgan fingerprint density at radius 1 is 0.800 bits per heavy atom. The van der Waals surface area contributed by atoms with Gasteiger partial charge in [0, 0.05) is 5.56 Å². The topological polar surface area (TPSA) is 40.5 Å². The molecule has 2 rings (SSSR count). The van der Waals surface area contributed by atoms with Crippen LogP contribution in [-0.4, -0.2) is 10.2 Å². The molecule has 0 radical (unpaired) electrons. The maximum Gasteiger partial charge on any atom is 0.165 e. The molecule has 2 aromatic carbocycles. The highest BCUT2D eigenvalue weighted by atomic mass is 16.3. The Labute approximate surface area is 120 Å². The van der Waals surface area contributed by atoms with Crippen LogP contribution < -0.4 is 0 Å². The lowest BCUT2D eigenvalue weighted by Crippen LogP contribution is -1.95. The summed E-state index contributed by atoms with van der Waals surface area (Å²) in [5, 5.41) is 20.1. The van der Waals surface area contributed by atoms with E-state index in [9.17, 15) is 10.2 Å². The molecule has 0 aliphatic rings. The second-order valence-electron chi connectivity index (χ2n) is 5.02. The molecule has 2 nitrogen and oxygen atoms in total. The Kier molecular flexibility index (Phi) is 4.33. The molecule has 0 spiro atoms. The minimum Gasteiger partial charge on any atom is -0.504 e. The fourth-order valence-electron chi connectivity index (χ4n) is 2.60. The predicted molar refractivity (Wildman–Crippen MR) is 83.3 cm³/mol. The van der Waals surface area contributed by atoms with Gasteiger partial charge in [0.15, 0.2) is 11.5 Å². The molecule has 0 amide bonds. The molecular weight excluding hydrogens is 248 g/mol. The summed E-state index contributed by atoms with van der Waals surface area (Å²) in [5.41, 5.74) is 5.31. The highest BCUT2D eigenvalue weighted by Gasteiger charge is 2.16. The van der Waals surface area contributed by atoms with Crippen molar-refractivity contribution in [2.24, 2.45) is 0 Å². The highest BCUT2D eigenvalue weighted by Crippen LogP contribution is 2.41. The number of aromatic hydroxyl groups is 2. The zero-order valence-electron chi connectivity index (χ0n) is 12.4. The van der Waals surface area contributed by atoms with Crippen molar-refractivity contribution in [3.05, 3.63) is 47.0 Å². The van der Waals surface area contributed by atoms with Crippen LogP contribution in [0.5, 0.6) is 11.5 Å². The Balaban J connectivity index is 2.75. The summed E-state index contributed by atoms with van der Waals surface area (Å²) < 4.78 is 0. The SMILES string of the molecule is CCc1ccc(CC)c(-c2c(CC)ccc(O)c2O)c1. The van der Waals surface area contributed by atoms with Crippen molar-refractivity contribution in [1.29, 1.82) is 0 Å². The van der Waals surface area contributed by atoms with Crippen LogP contribution in [0.4, 0.5) is 0 Å². The molecule has 0 saturated heterocycles. The van der Waals surface area contributed by atoms with Crippen molar-refractivity contribution < 1.29 is 10.2 Å². The summed E-state index contributed by atoms with van der Waals surface area (Å²) in [6, 6.07) is 9.84. The number of hydrogen-bond acceptors (Lipinski definition) is 2. The molecule has 2 N–H and O–H groups in total. The fraction of sp³-hybridized carbons (Fsp3) is 0.333. The lowest BCUT2D eigenvalue weighted by Gasteiger charge is -2.16. The van der Waals surface area contributed by atoms with Gasteiger partial charge in [-0.3, -0.25) is 0 Å². The van der Waals surface area contributed by atoms with E-state index in [1.54, 1.807) is 6.07 Å². The van der Waals surface area contributed by atoms with E-state index in [0.717, 1.165) is 36.0 Å². The molecule has 0 aliphatic heterocycles. The van der Waals surface area contributed by atoms with Gasteiger partial charge in [-0.05, 0) is 47.6 Å². The van der Waals surface area contributed by atoms with Crippen LogP contribution in [0.1, 0.15) is 37.5 Å². The van der Waals surface area contributed by atoms with Gasteiger partial charge in [-0.15, -0.1) is 0 Å². The van der Waals surface area contributed by atoms with Gasteiger partial charge in [0.1, 0.15) is 0 Å². The molecule has 0 fully saturated rings. The number of phenols is 2. The highest BCUT2D eigenvalue weighted by molar-refractivity contribution is 5.79. The zero-order chi connectivity index (χ0) is 14.7. The normalized spacial score (nSPS) is 10.8. The average molecular weight is 270 g/mol. The van der Waals surface area contributed by atoms with Crippen LogP contribution in [0.15, 0.2) is 30.3 Å². The molecule has 20 heavy (non-hydrogen) atoms. The summed E-state index contributed by atoms with van der Waals surface area (Å²) in [4.78, 5) is 0. The van der Waals surface area contributed by atoms with E-state index < -0.39 is 0 Å². The summed E-state index contributed by atoms with van der Waals surface area (Å²) in [6.07, 6.45) is 2.68. The van der Waals surface area contributed by atoms with E-state index in [1.165, 1.54) is 11.1 Å². The summed E-state index contributed by atoms with van der Waals surface area (Å²) >= 11 is 0. The Morgan fingerprint density at radius 3 is 2.05 bits per heavy atom. The van der Waals surface area contributed by atoms with E-state index in [0.29, 0.717) is 0 Å². The third-order valence-corrected chi connectivity index (χ3v) is 3.86. The number of hydrogen-bond donors (Lipinski definition) is 2. The van der Waals surface area contributed by atoms with E-state index in [4.69, 9.17) is 0 Å². The Hall–Kier alpha value is -1.96. The summed E-state index contributed by atoms with van der Waals surface area (Å²) in [6.45, 7) is 6.29. The quantitative estimate of drug-likeness (QED) is 0.806. The lowest BCUT2D eigenvalue weighted by atomic mass is 9.90. The Morgan fingerprint density at radius 2 is 1.45 bits per heavy atom. The van der Waals surface area contributed by atoms with Crippen molar-refractivity contribution in [1.82, 2.24) is 0 Å². The third kappa shape index (κ3) is 2.51. The smallest absolute Gasteiger partial charge is 0.165 e. The molecule has 0 atom stereocenters. The van der Waals surface area contributed by atoms with Crippen molar-refractivity contribution in [2.75, 3.05) is 0 Å². The van der Waals surface area contributed by atoms with E-state index in [1.807, 2.05) is 6.07 Å². The summed E-state index contributed by atoms with van der Waals surface area (Å²) in [7, 11) is 0. The number of rotatable bonds is 4. The molecule has 0 heterocycles. The molecule has 0 bridgehead atoms. The van der Waals surface area contributed by atoms with Gasteiger partial charge in [0.05, 0.1) is 0 Å². The van der Waals surface area contributed by atoms with Gasteiger partial charge < -0.3 is 10.2 Å². The number of phenolic OH excluding ortho intramolecular Hbond substituents is 2. The van der Waals surface area contributed by atoms with Gasteiger partial charge in [-0.25, -0.2) is 0 Å². The second-order valence-corrected chi connectivity index (χ2v) is 5.02. The monoisotopic (exact) mass is 270 g/mol. The molecule has 0 aromatic heterocycles. The van der Waals surface area contributed by atoms with E-state index in [2.05, 4.69) is 39.0 Å². The van der Waals surface area contributed by atoms with Gasteiger partial charge in [-0.2, -0.15) is 0 Å². The largest absolute Gasteiger partial charge is 0.504 e. The van der Waals surface area contributed by atoms with E-state index >= 15 is 0 Å². The fourth-order valence-corrected chi connectivity index (χ4v) is 2.60. The first kappa shape index (κ1) is 14.4. The van der Waals surface area contributed by atoms with Gasteiger partial charge in [0.25, 0.3) is 0 Å². The molecule has 0 unspecified atom stereocenters.